The first-order valence-electron chi connectivity index (χ1n) is 8.67. The maximum absolute atomic E-state index is 12.6. The minimum Gasteiger partial charge on any atom is -0.465 e. The van der Waals surface area contributed by atoms with Crippen LogP contribution in [-0.2, 0) is 25.6 Å². The quantitative estimate of drug-likeness (QED) is 0.434. The van der Waals surface area contributed by atoms with E-state index in [1.54, 1.807) is 17.0 Å². The molecule has 150 valence electrons. The van der Waals surface area contributed by atoms with Crippen molar-refractivity contribution < 1.29 is 24.0 Å². The van der Waals surface area contributed by atoms with Crippen LogP contribution in [0.15, 0.2) is 47.7 Å². The van der Waals surface area contributed by atoms with Crippen molar-refractivity contribution in [1.82, 2.24) is 4.90 Å². The predicted molar refractivity (Wildman–Crippen MR) is 102 cm³/mol. The monoisotopic (exact) mass is 388 g/mol. The van der Waals surface area contributed by atoms with Crippen LogP contribution in [0.1, 0.15) is 25.8 Å². The standard InChI is InChI=1S/C20H24N2O6/c1-13-10-20(2,3)12-21(11-14-6-8-15(9-7-14)22(25)26)17(19(24)28-5)16(13)18(23)27-4/h6-9H,1,10-12H2,2-5H3. The summed E-state index contributed by atoms with van der Waals surface area (Å²) in [5, 5.41) is 10.9. The third-order valence-corrected chi connectivity index (χ3v) is 4.51. The van der Waals surface area contributed by atoms with Gasteiger partial charge in [0.25, 0.3) is 5.69 Å². The smallest absolute Gasteiger partial charge is 0.355 e. The highest BCUT2D eigenvalue weighted by molar-refractivity contribution is 6.03. The number of methoxy groups -OCH3 is 2. The number of rotatable bonds is 5. The zero-order chi connectivity index (χ0) is 21.1. The van der Waals surface area contributed by atoms with Gasteiger partial charge in [-0.05, 0) is 23.0 Å². The Balaban J connectivity index is 2.55. The fraction of sp³-hybridized carbons (Fsp3) is 0.400. The molecule has 1 aromatic carbocycles. The Hall–Kier alpha value is -3.16. The number of nitro benzene ring substituents is 1. The molecule has 0 N–H and O–H groups in total. The molecule has 1 heterocycles. The van der Waals surface area contributed by atoms with Crippen molar-refractivity contribution in [3.8, 4) is 0 Å². The molecule has 0 amide bonds. The van der Waals surface area contributed by atoms with Gasteiger partial charge in [0.2, 0.25) is 0 Å². The molecule has 0 saturated heterocycles. The summed E-state index contributed by atoms with van der Waals surface area (Å²) in [7, 11) is 2.49. The van der Waals surface area contributed by atoms with E-state index in [4.69, 9.17) is 9.47 Å². The summed E-state index contributed by atoms with van der Waals surface area (Å²) in [6, 6.07) is 6.05. The molecular formula is C20H24N2O6. The van der Waals surface area contributed by atoms with E-state index in [0.717, 1.165) is 5.56 Å². The van der Waals surface area contributed by atoms with Crippen LogP contribution in [0.2, 0.25) is 0 Å². The third kappa shape index (κ3) is 4.57. The van der Waals surface area contributed by atoms with Gasteiger partial charge in [0.15, 0.2) is 0 Å². The SMILES string of the molecule is C=C1CC(C)(C)CN(Cc2ccc([N+](=O)[O-])cc2)C(C(=O)OC)=C1C(=O)OC. The molecule has 0 atom stereocenters. The van der Waals surface area contributed by atoms with Crippen LogP contribution in [-0.4, -0.2) is 42.5 Å². The Bertz CT molecular complexity index is 839. The molecule has 1 aliphatic rings. The number of nitrogens with zero attached hydrogens (tertiary/aromatic N) is 2. The van der Waals surface area contributed by atoms with Crippen LogP contribution in [0.25, 0.3) is 0 Å². The number of nitro groups is 1. The topological polar surface area (TPSA) is 99.0 Å². The number of hydrogen-bond donors (Lipinski definition) is 0. The third-order valence-electron chi connectivity index (χ3n) is 4.51. The number of carbonyl (C=O) groups is 2. The Kier molecular flexibility index (Phi) is 6.23. The summed E-state index contributed by atoms with van der Waals surface area (Å²) in [5.41, 5.74) is 1.13. The number of hydrogen-bond acceptors (Lipinski definition) is 7. The highest BCUT2D eigenvalue weighted by Crippen LogP contribution is 2.37. The fourth-order valence-electron chi connectivity index (χ4n) is 3.39. The van der Waals surface area contributed by atoms with Crippen LogP contribution >= 0.6 is 0 Å². The first kappa shape index (κ1) is 21.1. The van der Waals surface area contributed by atoms with Crippen molar-refractivity contribution in [2.24, 2.45) is 5.41 Å². The van der Waals surface area contributed by atoms with Gasteiger partial charge in [-0.25, -0.2) is 9.59 Å². The minimum absolute atomic E-state index is 0.0210. The van der Waals surface area contributed by atoms with Gasteiger partial charge < -0.3 is 14.4 Å². The van der Waals surface area contributed by atoms with E-state index in [2.05, 4.69) is 6.58 Å². The highest BCUT2D eigenvalue weighted by atomic mass is 16.6. The first-order chi connectivity index (χ1) is 13.1. The summed E-state index contributed by atoms with van der Waals surface area (Å²) in [6.07, 6.45) is 0.495. The van der Waals surface area contributed by atoms with Gasteiger partial charge in [0.05, 0.1) is 24.7 Å². The van der Waals surface area contributed by atoms with Gasteiger partial charge in [0.1, 0.15) is 5.70 Å². The van der Waals surface area contributed by atoms with Gasteiger partial charge in [-0.3, -0.25) is 10.1 Å². The van der Waals surface area contributed by atoms with Crippen molar-refractivity contribution >= 4 is 17.6 Å². The molecule has 0 fully saturated rings. The molecule has 8 nitrogen and oxygen atoms in total. The molecule has 0 unspecified atom stereocenters. The zero-order valence-corrected chi connectivity index (χ0v) is 16.5. The Morgan fingerprint density at radius 3 is 2.25 bits per heavy atom. The summed E-state index contributed by atoms with van der Waals surface area (Å²) in [6.45, 7) is 8.73. The molecule has 0 bridgehead atoms. The summed E-state index contributed by atoms with van der Waals surface area (Å²) < 4.78 is 9.81. The van der Waals surface area contributed by atoms with Crippen LogP contribution in [0.3, 0.4) is 0 Å². The molecule has 0 saturated carbocycles. The van der Waals surface area contributed by atoms with Crippen LogP contribution in [0, 0.1) is 15.5 Å². The molecule has 1 aliphatic heterocycles. The Labute approximate surface area is 163 Å². The highest BCUT2D eigenvalue weighted by Gasteiger charge is 2.37. The molecule has 28 heavy (non-hydrogen) atoms. The normalized spacial score (nSPS) is 16.4. The number of non-ortho nitro benzene ring substituents is 1. The molecule has 8 heteroatoms. The minimum atomic E-state index is -0.666. The van der Waals surface area contributed by atoms with E-state index in [0.29, 0.717) is 18.5 Å². The molecule has 0 radical (unpaired) electrons. The van der Waals surface area contributed by atoms with Gasteiger partial charge in [-0.2, -0.15) is 0 Å². The number of esters is 2. The van der Waals surface area contributed by atoms with Crippen molar-refractivity contribution in [2.45, 2.75) is 26.8 Å². The number of ether oxygens (including phenoxy) is 2. The van der Waals surface area contributed by atoms with Crippen LogP contribution in [0.5, 0.6) is 0 Å². The predicted octanol–water partition coefficient (Wildman–Crippen LogP) is 2.98. The maximum Gasteiger partial charge on any atom is 0.355 e. The number of benzene rings is 1. The summed E-state index contributed by atoms with van der Waals surface area (Å²) in [5.74, 6) is -1.32. The van der Waals surface area contributed by atoms with Gasteiger partial charge in [-0.15, -0.1) is 0 Å². The summed E-state index contributed by atoms with van der Waals surface area (Å²) >= 11 is 0. The van der Waals surface area contributed by atoms with Crippen LogP contribution < -0.4 is 0 Å². The summed E-state index contributed by atoms with van der Waals surface area (Å²) in [4.78, 5) is 37.2. The Morgan fingerprint density at radius 1 is 1.18 bits per heavy atom. The maximum atomic E-state index is 12.6. The van der Waals surface area contributed by atoms with E-state index < -0.39 is 16.9 Å². The lowest BCUT2D eigenvalue weighted by Gasteiger charge is -2.32. The van der Waals surface area contributed by atoms with E-state index in [1.807, 2.05) is 13.8 Å². The fourth-order valence-corrected chi connectivity index (χ4v) is 3.39. The van der Waals surface area contributed by atoms with Crippen molar-refractivity contribution in [3.05, 3.63) is 63.4 Å². The second-order valence-corrected chi connectivity index (χ2v) is 7.43. The molecular weight excluding hydrogens is 364 g/mol. The lowest BCUT2D eigenvalue weighted by Crippen LogP contribution is -2.35. The van der Waals surface area contributed by atoms with Gasteiger partial charge in [0, 0.05) is 25.2 Å². The van der Waals surface area contributed by atoms with E-state index >= 15 is 0 Å². The average molecular weight is 388 g/mol. The van der Waals surface area contributed by atoms with E-state index in [1.165, 1.54) is 26.4 Å². The lowest BCUT2D eigenvalue weighted by atomic mass is 9.84. The van der Waals surface area contributed by atoms with Crippen molar-refractivity contribution in [2.75, 3.05) is 20.8 Å². The van der Waals surface area contributed by atoms with Gasteiger partial charge in [-0.1, -0.05) is 32.6 Å². The average Bonchev–Trinajstić information content (AvgIpc) is 2.73. The zero-order valence-electron chi connectivity index (χ0n) is 16.5. The lowest BCUT2D eigenvalue weighted by molar-refractivity contribution is -0.384. The van der Waals surface area contributed by atoms with Crippen LogP contribution in [0.4, 0.5) is 5.69 Å². The second kappa shape index (κ2) is 8.24. The van der Waals surface area contributed by atoms with Crippen molar-refractivity contribution in [3.63, 3.8) is 0 Å². The van der Waals surface area contributed by atoms with E-state index in [9.17, 15) is 19.7 Å². The van der Waals surface area contributed by atoms with Gasteiger partial charge >= 0.3 is 11.9 Å². The molecule has 2 rings (SSSR count). The first-order valence-corrected chi connectivity index (χ1v) is 8.67. The molecule has 0 aromatic heterocycles. The number of carbonyl (C=O) groups excluding carboxylic acids is 2. The van der Waals surface area contributed by atoms with E-state index in [-0.39, 0.29) is 28.9 Å². The largest absolute Gasteiger partial charge is 0.465 e. The molecule has 1 aromatic rings. The second-order valence-electron chi connectivity index (χ2n) is 7.43. The molecule has 0 spiro atoms. The Morgan fingerprint density at radius 2 is 1.75 bits per heavy atom. The van der Waals surface area contributed by atoms with Crippen molar-refractivity contribution in [1.29, 1.82) is 0 Å². The molecule has 0 aliphatic carbocycles.